The molecular formula is C13H12ClN3. The van der Waals surface area contributed by atoms with Crippen LogP contribution in [0.4, 0.5) is 0 Å². The fraction of sp³-hybridized carbons (Fsp3) is 0.231. The van der Waals surface area contributed by atoms with Gasteiger partial charge in [-0.3, -0.25) is 0 Å². The lowest BCUT2D eigenvalue weighted by Crippen LogP contribution is -2.08. The standard InChI is InChI=1S/C13H12ClN3/c14-10-4-2-1-3-9(10)13-16-7-8-5-6-11(15)12(8)17-13/h1-4,7,11H,5-6,15H2. The summed E-state index contributed by atoms with van der Waals surface area (Å²) in [4.78, 5) is 8.91. The third-order valence-corrected chi connectivity index (χ3v) is 3.42. The molecule has 3 nitrogen and oxygen atoms in total. The average Bonchev–Trinajstić information content (AvgIpc) is 2.71. The maximum Gasteiger partial charge on any atom is 0.160 e. The van der Waals surface area contributed by atoms with E-state index in [9.17, 15) is 0 Å². The van der Waals surface area contributed by atoms with E-state index in [0.717, 1.165) is 29.7 Å². The lowest BCUT2D eigenvalue weighted by molar-refractivity contribution is 0.698. The van der Waals surface area contributed by atoms with Crippen LogP contribution in [0.25, 0.3) is 11.4 Å². The van der Waals surface area contributed by atoms with Crippen molar-refractivity contribution in [3.05, 3.63) is 46.7 Å². The lowest BCUT2D eigenvalue weighted by atomic mass is 10.2. The monoisotopic (exact) mass is 245 g/mol. The molecule has 1 heterocycles. The summed E-state index contributed by atoms with van der Waals surface area (Å²) in [6.45, 7) is 0. The van der Waals surface area contributed by atoms with Crippen molar-refractivity contribution in [3.8, 4) is 11.4 Å². The first-order chi connectivity index (χ1) is 8.25. The van der Waals surface area contributed by atoms with Crippen LogP contribution >= 0.6 is 11.6 Å². The largest absolute Gasteiger partial charge is 0.323 e. The molecule has 1 aliphatic carbocycles. The van der Waals surface area contributed by atoms with Crippen molar-refractivity contribution in [1.29, 1.82) is 0 Å². The molecule has 3 rings (SSSR count). The molecule has 0 saturated carbocycles. The summed E-state index contributed by atoms with van der Waals surface area (Å²) in [6, 6.07) is 7.62. The van der Waals surface area contributed by atoms with Crippen molar-refractivity contribution in [1.82, 2.24) is 9.97 Å². The second kappa shape index (κ2) is 4.09. The summed E-state index contributed by atoms with van der Waals surface area (Å²) in [5.74, 6) is 0.659. The number of hydrogen-bond acceptors (Lipinski definition) is 3. The van der Waals surface area contributed by atoms with E-state index in [0.29, 0.717) is 10.8 Å². The minimum Gasteiger partial charge on any atom is -0.323 e. The number of fused-ring (bicyclic) bond motifs is 1. The molecule has 0 amide bonds. The minimum absolute atomic E-state index is 0.0363. The van der Waals surface area contributed by atoms with Gasteiger partial charge in [0.1, 0.15) is 0 Å². The van der Waals surface area contributed by atoms with Crippen LogP contribution in [-0.2, 0) is 6.42 Å². The van der Waals surface area contributed by atoms with Crippen LogP contribution in [0.2, 0.25) is 5.02 Å². The summed E-state index contributed by atoms with van der Waals surface area (Å²) in [5.41, 5.74) is 8.99. The molecule has 2 N–H and O–H groups in total. The van der Waals surface area contributed by atoms with E-state index in [1.54, 1.807) is 0 Å². The fourth-order valence-electron chi connectivity index (χ4n) is 2.15. The molecule has 0 saturated heterocycles. The Hall–Kier alpha value is -1.45. The van der Waals surface area contributed by atoms with Crippen molar-refractivity contribution in [2.24, 2.45) is 5.73 Å². The Balaban J connectivity index is 2.11. The van der Waals surface area contributed by atoms with E-state index in [1.165, 1.54) is 0 Å². The van der Waals surface area contributed by atoms with Crippen LogP contribution in [0.3, 0.4) is 0 Å². The number of nitrogens with zero attached hydrogens (tertiary/aromatic N) is 2. The first-order valence-corrected chi connectivity index (χ1v) is 6.00. The molecule has 1 aromatic heterocycles. The Morgan fingerprint density at radius 2 is 2.12 bits per heavy atom. The zero-order valence-electron chi connectivity index (χ0n) is 9.23. The zero-order chi connectivity index (χ0) is 11.8. The SMILES string of the molecule is NC1CCc2cnc(-c3ccccc3Cl)nc21. The molecule has 0 spiro atoms. The van der Waals surface area contributed by atoms with Gasteiger partial charge in [0.15, 0.2) is 5.82 Å². The molecule has 1 aromatic carbocycles. The molecule has 1 unspecified atom stereocenters. The van der Waals surface area contributed by atoms with Crippen molar-refractivity contribution >= 4 is 11.6 Å². The second-order valence-electron chi connectivity index (χ2n) is 4.23. The highest BCUT2D eigenvalue weighted by Crippen LogP contribution is 2.30. The highest BCUT2D eigenvalue weighted by Gasteiger charge is 2.22. The average molecular weight is 246 g/mol. The van der Waals surface area contributed by atoms with Gasteiger partial charge in [0.2, 0.25) is 0 Å². The number of benzene rings is 1. The van der Waals surface area contributed by atoms with Crippen LogP contribution in [-0.4, -0.2) is 9.97 Å². The van der Waals surface area contributed by atoms with Gasteiger partial charge in [-0.15, -0.1) is 0 Å². The highest BCUT2D eigenvalue weighted by molar-refractivity contribution is 6.33. The molecular weight excluding hydrogens is 234 g/mol. The van der Waals surface area contributed by atoms with Crippen molar-refractivity contribution in [2.45, 2.75) is 18.9 Å². The molecule has 17 heavy (non-hydrogen) atoms. The van der Waals surface area contributed by atoms with E-state index in [1.807, 2.05) is 30.5 Å². The van der Waals surface area contributed by atoms with Gasteiger partial charge in [0, 0.05) is 17.8 Å². The van der Waals surface area contributed by atoms with Gasteiger partial charge in [0.25, 0.3) is 0 Å². The maximum atomic E-state index is 6.13. The van der Waals surface area contributed by atoms with Crippen LogP contribution in [0.5, 0.6) is 0 Å². The third kappa shape index (κ3) is 1.81. The Morgan fingerprint density at radius 1 is 1.29 bits per heavy atom. The van der Waals surface area contributed by atoms with Gasteiger partial charge in [-0.25, -0.2) is 9.97 Å². The summed E-state index contributed by atoms with van der Waals surface area (Å²) in [7, 11) is 0. The number of aromatic nitrogens is 2. The molecule has 0 fully saturated rings. The maximum absolute atomic E-state index is 6.13. The number of nitrogens with two attached hydrogens (primary N) is 1. The number of halogens is 1. The number of aryl methyl sites for hydroxylation is 1. The molecule has 0 aliphatic heterocycles. The van der Waals surface area contributed by atoms with Crippen LogP contribution in [0.1, 0.15) is 23.7 Å². The quantitative estimate of drug-likeness (QED) is 0.841. The first kappa shape index (κ1) is 10.7. The Bertz CT molecular complexity index is 568. The fourth-order valence-corrected chi connectivity index (χ4v) is 2.37. The molecule has 4 heteroatoms. The van der Waals surface area contributed by atoms with E-state index >= 15 is 0 Å². The molecule has 2 aromatic rings. The molecule has 86 valence electrons. The lowest BCUT2D eigenvalue weighted by Gasteiger charge is -2.07. The van der Waals surface area contributed by atoms with Gasteiger partial charge in [-0.2, -0.15) is 0 Å². The minimum atomic E-state index is 0.0363. The third-order valence-electron chi connectivity index (χ3n) is 3.09. The summed E-state index contributed by atoms with van der Waals surface area (Å²) in [6.07, 6.45) is 3.79. The van der Waals surface area contributed by atoms with Gasteiger partial charge in [-0.05, 0) is 30.5 Å². The number of hydrogen-bond donors (Lipinski definition) is 1. The predicted molar refractivity (Wildman–Crippen MR) is 67.7 cm³/mol. The zero-order valence-corrected chi connectivity index (χ0v) is 9.98. The Morgan fingerprint density at radius 3 is 2.94 bits per heavy atom. The van der Waals surface area contributed by atoms with Crippen molar-refractivity contribution in [2.75, 3.05) is 0 Å². The van der Waals surface area contributed by atoms with Crippen molar-refractivity contribution < 1.29 is 0 Å². The summed E-state index contributed by atoms with van der Waals surface area (Å²) < 4.78 is 0. The van der Waals surface area contributed by atoms with Crippen LogP contribution < -0.4 is 5.73 Å². The van der Waals surface area contributed by atoms with Crippen molar-refractivity contribution in [3.63, 3.8) is 0 Å². The molecule has 1 atom stereocenters. The number of rotatable bonds is 1. The molecule has 0 radical (unpaired) electrons. The van der Waals surface area contributed by atoms with Gasteiger partial charge in [-0.1, -0.05) is 23.7 Å². The summed E-state index contributed by atoms with van der Waals surface area (Å²) >= 11 is 6.13. The van der Waals surface area contributed by atoms with Gasteiger partial charge >= 0.3 is 0 Å². The van der Waals surface area contributed by atoms with E-state index in [2.05, 4.69) is 9.97 Å². The smallest absolute Gasteiger partial charge is 0.160 e. The van der Waals surface area contributed by atoms with E-state index in [4.69, 9.17) is 17.3 Å². The van der Waals surface area contributed by atoms with Crippen LogP contribution in [0, 0.1) is 0 Å². The van der Waals surface area contributed by atoms with Crippen LogP contribution in [0.15, 0.2) is 30.5 Å². The first-order valence-electron chi connectivity index (χ1n) is 5.62. The normalized spacial score (nSPS) is 18.1. The molecule has 1 aliphatic rings. The van der Waals surface area contributed by atoms with Gasteiger partial charge in [0.05, 0.1) is 10.7 Å². The molecule has 0 bridgehead atoms. The predicted octanol–water partition coefficient (Wildman–Crippen LogP) is 2.74. The highest BCUT2D eigenvalue weighted by atomic mass is 35.5. The topological polar surface area (TPSA) is 51.8 Å². The summed E-state index contributed by atoms with van der Waals surface area (Å²) in [5, 5.41) is 0.666. The Kier molecular flexibility index (Phi) is 2.57. The van der Waals surface area contributed by atoms with Gasteiger partial charge < -0.3 is 5.73 Å². The van der Waals surface area contributed by atoms with E-state index < -0.39 is 0 Å². The van der Waals surface area contributed by atoms with E-state index in [-0.39, 0.29) is 6.04 Å². The Labute approximate surface area is 105 Å². The second-order valence-corrected chi connectivity index (χ2v) is 4.64.